The highest BCUT2D eigenvalue weighted by Crippen LogP contribution is 2.53. The Morgan fingerprint density at radius 3 is 0.986 bits per heavy atom. The second-order valence-corrected chi connectivity index (χ2v) is 20.4. The summed E-state index contributed by atoms with van der Waals surface area (Å²) >= 11 is 0. The Morgan fingerprint density at radius 2 is 0.722 bits per heavy atom. The molecule has 0 bridgehead atoms. The van der Waals surface area contributed by atoms with Gasteiger partial charge in [-0.3, -0.25) is 0 Å². The summed E-state index contributed by atoms with van der Waals surface area (Å²) in [7, 11) is 5.45. The predicted octanol–water partition coefficient (Wildman–Crippen LogP) is 6.58. The molecule has 22 heteroatoms. The third-order valence-electron chi connectivity index (χ3n) is 11.3. The maximum absolute atomic E-state index is 12.3. The van der Waals surface area contributed by atoms with Gasteiger partial charge < -0.3 is 74.5 Å². The van der Waals surface area contributed by atoms with Gasteiger partial charge >= 0.3 is 30.3 Å². The summed E-state index contributed by atoms with van der Waals surface area (Å²) < 4.78 is 76.2. The first-order chi connectivity index (χ1) is 35.0. The number of alkyl carbamates (subject to hydrolysis) is 2. The number of ether oxygens (including phenoxy) is 6. The van der Waals surface area contributed by atoms with Gasteiger partial charge in [0.05, 0.1) is 52.8 Å². The molecule has 0 heterocycles. The highest BCUT2D eigenvalue weighted by Gasteiger charge is 2.57. The Bertz CT molecular complexity index is 2130. The zero-order valence-electron chi connectivity index (χ0n) is 42.1. The lowest BCUT2D eigenvalue weighted by molar-refractivity contribution is 0.00474. The van der Waals surface area contributed by atoms with Crippen LogP contribution >= 0.6 is 0 Å². The Hall–Kier alpha value is -6.29. The third kappa shape index (κ3) is 15.1. The molecule has 0 radical (unpaired) electrons. The molecule has 2 atom stereocenters. The lowest BCUT2D eigenvalue weighted by Crippen LogP contribution is -2.49. The quantitative estimate of drug-likeness (QED) is 0.0379. The van der Waals surface area contributed by atoms with Crippen molar-refractivity contribution in [3.63, 3.8) is 0 Å². The molecule has 0 fully saturated rings. The van der Waals surface area contributed by atoms with Crippen LogP contribution in [0.25, 0.3) is 0 Å². The first-order valence-electron chi connectivity index (χ1n) is 23.0. The van der Waals surface area contributed by atoms with E-state index in [1.807, 2.05) is 0 Å². The first kappa shape index (κ1) is 58.3. The van der Waals surface area contributed by atoms with Gasteiger partial charge in [0, 0.05) is 81.8 Å². The van der Waals surface area contributed by atoms with Crippen LogP contribution in [0.5, 0.6) is 23.0 Å². The van der Waals surface area contributed by atoms with E-state index in [0.29, 0.717) is 84.0 Å². The molecule has 0 saturated carbocycles. The second kappa shape index (κ2) is 29.9. The fourth-order valence-corrected chi connectivity index (χ4v) is 10.1. The summed E-state index contributed by atoms with van der Waals surface area (Å²) in [4.78, 5) is 24.5. The molecule has 0 aliphatic rings. The molecule has 2 N–H and O–H groups in total. The van der Waals surface area contributed by atoms with Crippen LogP contribution in [0.15, 0.2) is 97.1 Å². The molecular weight excluding hydrogens is 969 g/mol. The SMILES string of the molecule is COc1ccc(C(C#N)(c2ccc(OCCCOC(=O)NCCCO[Si](OC)(OC)OC)cc2)C(C#N)(c2ccc(OC)cc2)c2ccc(OCCCOC(=O)NCCCO[Si](OC)(OC)OC)cc2)cc1. The van der Waals surface area contributed by atoms with E-state index in [1.54, 1.807) is 111 Å². The first-order valence-corrected chi connectivity index (χ1v) is 26.2. The van der Waals surface area contributed by atoms with E-state index in [9.17, 15) is 20.1 Å². The molecule has 2 amide bonds. The molecule has 4 rings (SSSR count). The van der Waals surface area contributed by atoms with Crippen molar-refractivity contribution in [3.8, 4) is 35.1 Å². The molecule has 0 saturated heterocycles. The highest BCUT2D eigenvalue weighted by atomic mass is 28.4. The van der Waals surface area contributed by atoms with E-state index in [0.717, 1.165) is 0 Å². The summed E-state index contributed by atoms with van der Waals surface area (Å²) in [5.74, 6) is 2.13. The number of carbonyl (C=O) groups excluding carboxylic acids is 2. The molecule has 0 aromatic heterocycles. The van der Waals surface area contributed by atoms with Gasteiger partial charge in [-0.2, -0.15) is 10.5 Å². The van der Waals surface area contributed by atoms with Crippen LogP contribution in [0.4, 0.5) is 9.59 Å². The Balaban J connectivity index is 1.48. The van der Waals surface area contributed by atoms with Gasteiger partial charge in [-0.25, -0.2) is 9.59 Å². The van der Waals surface area contributed by atoms with Crippen LogP contribution in [0.1, 0.15) is 47.9 Å². The van der Waals surface area contributed by atoms with Crippen LogP contribution in [0, 0.1) is 22.7 Å². The second-order valence-electron chi connectivity index (χ2n) is 15.4. The maximum atomic E-state index is 12.3. The van der Waals surface area contributed by atoms with Crippen molar-refractivity contribution in [2.75, 3.05) is 110 Å². The number of carbonyl (C=O) groups is 2. The van der Waals surface area contributed by atoms with Crippen LogP contribution in [-0.2, 0) is 55.7 Å². The predicted molar refractivity (Wildman–Crippen MR) is 265 cm³/mol. The average molecular weight is 1040 g/mol. The molecule has 0 aliphatic heterocycles. The third-order valence-corrected chi connectivity index (χ3v) is 15.5. The zero-order chi connectivity index (χ0) is 52.3. The number of hydrogen-bond acceptors (Lipinski definition) is 18. The van der Waals surface area contributed by atoms with E-state index in [-0.39, 0.29) is 39.6 Å². The number of nitriles is 2. The van der Waals surface area contributed by atoms with Crippen molar-refractivity contribution >= 4 is 30.3 Å². The Kier molecular flexibility index (Phi) is 24.2. The fraction of sp³-hybridized carbons (Fsp3) is 0.440. The minimum absolute atomic E-state index is 0.105. The van der Waals surface area contributed by atoms with Crippen LogP contribution < -0.4 is 29.6 Å². The molecule has 20 nitrogen and oxygen atoms in total. The van der Waals surface area contributed by atoms with Gasteiger partial charge in [0.2, 0.25) is 0 Å². The van der Waals surface area contributed by atoms with E-state index < -0.39 is 41.1 Å². The average Bonchev–Trinajstić information content (AvgIpc) is 3.43. The normalized spacial score (nSPS) is 13.0. The Morgan fingerprint density at radius 1 is 0.431 bits per heavy atom. The van der Waals surface area contributed by atoms with Crippen molar-refractivity contribution in [2.24, 2.45) is 0 Å². The van der Waals surface area contributed by atoms with Crippen LogP contribution in [0.2, 0.25) is 0 Å². The molecule has 72 heavy (non-hydrogen) atoms. The maximum Gasteiger partial charge on any atom is 0.678 e. The summed E-state index contributed by atoms with van der Waals surface area (Å²) in [6.45, 7) is 1.77. The standard InChI is InChI=1S/C50H66N4O16Si2/c1-57-43-21-13-39(14-22-43)49(37-51,41-17-25-45(26-18-41)65-31-11-33-67-47(55)53-29-9-35-69-71(59-3,60-4)61-5)50(38-52,40-15-23-44(58-2)24-16-40)42-19-27-46(28-20-42)66-32-12-34-68-48(56)54-30-10-36-70-72(62-6,63-7)64-8/h13-28H,9-12,29-36H2,1-8H3,(H,53,55)(H,54,56). The lowest BCUT2D eigenvalue weighted by atomic mass is 9.53. The minimum atomic E-state index is -3.16. The molecule has 0 aliphatic carbocycles. The minimum Gasteiger partial charge on any atom is -0.497 e. The molecule has 2 unspecified atom stereocenters. The molecular formula is C50H66N4O16Si2. The number of rotatable bonds is 33. The zero-order valence-corrected chi connectivity index (χ0v) is 44.1. The highest BCUT2D eigenvalue weighted by molar-refractivity contribution is 6.53. The van der Waals surface area contributed by atoms with Gasteiger partial charge in [-0.15, -0.1) is 0 Å². The number of amides is 2. The van der Waals surface area contributed by atoms with E-state index in [2.05, 4.69) is 22.8 Å². The van der Waals surface area contributed by atoms with Gasteiger partial charge in [-0.1, -0.05) is 48.5 Å². The fourth-order valence-electron chi connectivity index (χ4n) is 7.61. The molecule has 4 aromatic rings. The van der Waals surface area contributed by atoms with E-state index in [4.69, 9.17) is 63.8 Å². The van der Waals surface area contributed by atoms with Gasteiger partial charge in [0.25, 0.3) is 0 Å². The largest absolute Gasteiger partial charge is 0.678 e. The lowest BCUT2D eigenvalue weighted by Gasteiger charge is -2.43. The summed E-state index contributed by atoms with van der Waals surface area (Å²) in [6, 6.07) is 33.5. The number of hydrogen-bond donors (Lipinski definition) is 2. The molecule has 4 aromatic carbocycles. The van der Waals surface area contributed by atoms with Gasteiger partial charge in [0.15, 0.2) is 0 Å². The van der Waals surface area contributed by atoms with Crippen molar-refractivity contribution in [3.05, 3.63) is 119 Å². The Labute approximate surface area is 424 Å². The van der Waals surface area contributed by atoms with Gasteiger partial charge in [0.1, 0.15) is 33.8 Å². The monoisotopic (exact) mass is 1030 g/mol. The topological polar surface area (TPSA) is 235 Å². The van der Waals surface area contributed by atoms with Crippen molar-refractivity contribution < 1.29 is 73.4 Å². The summed E-state index contributed by atoms with van der Waals surface area (Å²) in [6.07, 6.45) is 0.601. The van der Waals surface area contributed by atoms with Gasteiger partial charge in [-0.05, 0) is 83.6 Å². The number of benzene rings is 4. The summed E-state index contributed by atoms with van der Waals surface area (Å²) in [5.41, 5.74) is -1.30. The van der Waals surface area contributed by atoms with Crippen LogP contribution in [-0.4, -0.2) is 140 Å². The number of methoxy groups -OCH3 is 2. The molecule has 390 valence electrons. The van der Waals surface area contributed by atoms with Crippen molar-refractivity contribution in [1.82, 2.24) is 10.6 Å². The molecule has 0 spiro atoms. The van der Waals surface area contributed by atoms with Crippen LogP contribution in [0.3, 0.4) is 0 Å². The smallest absolute Gasteiger partial charge is 0.497 e. The number of nitrogens with zero attached hydrogens (tertiary/aromatic N) is 2. The van der Waals surface area contributed by atoms with Crippen molar-refractivity contribution in [2.45, 2.75) is 36.5 Å². The van der Waals surface area contributed by atoms with E-state index >= 15 is 0 Å². The van der Waals surface area contributed by atoms with Crippen molar-refractivity contribution in [1.29, 1.82) is 10.5 Å². The van der Waals surface area contributed by atoms with E-state index in [1.165, 1.54) is 42.7 Å². The number of nitrogens with one attached hydrogen (secondary N) is 2. The summed E-state index contributed by atoms with van der Waals surface area (Å²) in [5, 5.41) is 28.8.